The molecule has 11 aromatic rings. The van der Waals surface area contributed by atoms with Crippen LogP contribution in [0.1, 0.15) is 25.0 Å². The van der Waals surface area contributed by atoms with E-state index in [4.69, 9.17) is 0 Å². The van der Waals surface area contributed by atoms with Crippen molar-refractivity contribution in [3.05, 3.63) is 205 Å². The molecule has 0 spiro atoms. The van der Waals surface area contributed by atoms with Gasteiger partial charge in [-0.25, -0.2) is 0 Å². The maximum absolute atomic E-state index is 2.46. The standard InChI is InChI=1S/C55H38N2S/c1-55(2)48-21-10-8-17-43(48)44-30-28-40(34-49(44)55)56(38-26-23-36(24-27-38)42-19-12-20-46-45-18-9-11-22-52(45)58-54(42)46)39-29-32-50-47(33-39)53-41-16-7-6-13-35(41)25-31-51(53)57(50)37-14-4-3-5-15-37/h3-34H,1-2H3. The molecule has 2 aromatic heterocycles. The average Bonchev–Trinajstić information content (AvgIpc) is 3.90. The van der Waals surface area contributed by atoms with Gasteiger partial charge < -0.3 is 9.47 Å². The van der Waals surface area contributed by atoms with Gasteiger partial charge in [-0.15, -0.1) is 11.3 Å². The van der Waals surface area contributed by atoms with Crippen molar-refractivity contribution >= 4 is 81.1 Å². The summed E-state index contributed by atoms with van der Waals surface area (Å²) < 4.78 is 5.08. The van der Waals surface area contributed by atoms with E-state index in [1.54, 1.807) is 0 Å². The van der Waals surface area contributed by atoms with Crippen LogP contribution < -0.4 is 4.90 Å². The van der Waals surface area contributed by atoms with Gasteiger partial charge in [-0.2, -0.15) is 0 Å². The third kappa shape index (κ3) is 4.84. The lowest BCUT2D eigenvalue weighted by molar-refractivity contribution is 0.660. The zero-order valence-corrected chi connectivity index (χ0v) is 33.1. The van der Waals surface area contributed by atoms with E-state index in [9.17, 15) is 0 Å². The van der Waals surface area contributed by atoms with E-state index in [1.165, 1.54) is 86.1 Å². The van der Waals surface area contributed by atoms with Crippen molar-refractivity contribution in [3.63, 3.8) is 0 Å². The molecule has 0 aliphatic heterocycles. The molecule has 2 nitrogen and oxygen atoms in total. The number of rotatable bonds is 5. The lowest BCUT2D eigenvalue weighted by Crippen LogP contribution is -2.16. The molecule has 0 unspecified atom stereocenters. The predicted molar refractivity (Wildman–Crippen MR) is 249 cm³/mol. The zero-order valence-electron chi connectivity index (χ0n) is 32.3. The molecule has 0 saturated heterocycles. The molecule has 0 fully saturated rings. The number of thiophene rings is 1. The minimum atomic E-state index is -0.119. The quantitative estimate of drug-likeness (QED) is 0.170. The van der Waals surface area contributed by atoms with Crippen molar-refractivity contribution in [1.29, 1.82) is 0 Å². The van der Waals surface area contributed by atoms with Crippen molar-refractivity contribution in [2.24, 2.45) is 0 Å². The molecule has 274 valence electrons. The summed E-state index contributed by atoms with van der Waals surface area (Å²) in [6.07, 6.45) is 0. The molecule has 0 radical (unpaired) electrons. The molecule has 0 N–H and O–H groups in total. The van der Waals surface area contributed by atoms with Gasteiger partial charge in [0.15, 0.2) is 0 Å². The van der Waals surface area contributed by atoms with Gasteiger partial charge in [0.2, 0.25) is 0 Å². The molecule has 58 heavy (non-hydrogen) atoms. The number of hydrogen-bond acceptors (Lipinski definition) is 2. The van der Waals surface area contributed by atoms with Gasteiger partial charge in [-0.1, -0.05) is 141 Å². The summed E-state index contributed by atoms with van der Waals surface area (Å²) in [4.78, 5) is 2.46. The number of aromatic nitrogens is 1. The fourth-order valence-electron chi connectivity index (χ4n) is 9.82. The highest BCUT2D eigenvalue weighted by Gasteiger charge is 2.35. The molecular formula is C55H38N2S. The van der Waals surface area contributed by atoms with E-state index in [1.807, 2.05) is 11.3 Å². The van der Waals surface area contributed by atoms with Gasteiger partial charge in [0.25, 0.3) is 0 Å². The number of anilines is 3. The first-order valence-corrected chi connectivity index (χ1v) is 20.9. The van der Waals surface area contributed by atoms with Crippen molar-refractivity contribution in [2.45, 2.75) is 19.3 Å². The van der Waals surface area contributed by atoms with Crippen LogP contribution in [0.3, 0.4) is 0 Å². The molecule has 9 aromatic carbocycles. The third-order valence-corrected chi connectivity index (χ3v) is 13.8. The summed E-state index contributed by atoms with van der Waals surface area (Å²) in [5.41, 5.74) is 14.7. The van der Waals surface area contributed by atoms with Gasteiger partial charge in [0.05, 0.1) is 11.0 Å². The third-order valence-electron chi connectivity index (χ3n) is 12.6. The summed E-state index contributed by atoms with van der Waals surface area (Å²) in [6, 6.07) is 71.9. The normalized spacial score (nSPS) is 13.1. The number of fused-ring (bicyclic) bond motifs is 11. The first-order valence-electron chi connectivity index (χ1n) is 20.1. The summed E-state index contributed by atoms with van der Waals surface area (Å²) in [6.45, 7) is 4.73. The molecule has 2 heterocycles. The number of hydrogen-bond donors (Lipinski definition) is 0. The highest BCUT2D eigenvalue weighted by atomic mass is 32.1. The Bertz CT molecular complexity index is 3420. The van der Waals surface area contributed by atoms with Crippen molar-refractivity contribution in [2.75, 3.05) is 4.90 Å². The summed E-state index contributed by atoms with van der Waals surface area (Å²) in [5, 5.41) is 7.66. The van der Waals surface area contributed by atoms with Crippen LogP contribution in [0.25, 0.3) is 80.7 Å². The predicted octanol–water partition coefficient (Wildman–Crippen LogP) is 15.7. The Hall–Kier alpha value is -6.94. The first-order chi connectivity index (χ1) is 28.5. The minimum Gasteiger partial charge on any atom is -0.310 e. The second-order valence-corrected chi connectivity index (χ2v) is 17.2. The molecule has 3 heteroatoms. The van der Waals surface area contributed by atoms with Gasteiger partial charge in [0.1, 0.15) is 0 Å². The topological polar surface area (TPSA) is 8.17 Å². The van der Waals surface area contributed by atoms with E-state index in [0.717, 1.165) is 22.7 Å². The molecule has 0 bridgehead atoms. The van der Waals surface area contributed by atoms with Gasteiger partial charge in [-0.3, -0.25) is 0 Å². The smallest absolute Gasteiger partial charge is 0.0547 e. The summed E-state index contributed by atoms with van der Waals surface area (Å²) in [5.74, 6) is 0. The van der Waals surface area contributed by atoms with E-state index >= 15 is 0 Å². The number of para-hydroxylation sites is 1. The second kappa shape index (κ2) is 12.5. The van der Waals surface area contributed by atoms with Crippen LogP contribution >= 0.6 is 11.3 Å². The van der Waals surface area contributed by atoms with Gasteiger partial charge in [-0.05, 0) is 111 Å². The second-order valence-electron chi connectivity index (χ2n) is 16.1. The van der Waals surface area contributed by atoms with Crippen LogP contribution in [0.2, 0.25) is 0 Å². The Morgan fingerprint density at radius 3 is 1.98 bits per heavy atom. The van der Waals surface area contributed by atoms with Crippen LogP contribution in [0.4, 0.5) is 17.1 Å². The maximum Gasteiger partial charge on any atom is 0.0547 e. The molecule has 1 aliphatic rings. The highest BCUT2D eigenvalue weighted by molar-refractivity contribution is 7.26. The van der Waals surface area contributed by atoms with Crippen LogP contribution in [-0.2, 0) is 5.41 Å². The maximum atomic E-state index is 2.46. The lowest BCUT2D eigenvalue weighted by Gasteiger charge is -2.28. The fourth-order valence-corrected chi connectivity index (χ4v) is 11.1. The molecular weight excluding hydrogens is 721 g/mol. The fraction of sp³-hybridized carbons (Fsp3) is 0.0545. The zero-order chi connectivity index (χ0) is 38.5. The van der Waals surface area contributed by atoms with E-state index < -0.39 is 0 Å². The minimum absolute atomic E-state index is 0.119. The SMILES string of the molecule is CC1(C)c2ccccc2-c2ccc(N(c3ccc(-c4cccc5c4sc4ccccc45)cc3)c3ccc4c(c3)c3c5ccccc5ccc3n4-c3ccccc3)cc21. The monoisotopic (exact) mass is 758 g/mol. The van der Waals surface area contributed by atoms with Crippen molar-refractivity contribution < 1.29 is 0 Å². The van der Waals surface area contributed by atoms with E-state index in [0.29, 0.717) is 0 Å². The largest absolute Gasteiger partial charge is 0.310 e. The number of benzene rings is 9. The van der Waals surface area contributed by atoms with Gasteiger partial charge in [0, 0.05) is 59.1 Å². The van der Waals surface area contributed by atoms with Crippen molar-refractivity contribution in [1.82, 2.24) is 4.57 Å². The van der Waals surface area contributed by atoms with Crippen LogP contribution in [-0.4, -0.2) is 4.57 Å². The highest BCUT2D eigenvalue weighted by Crippen LogP contribution is 2.51. The van der Waals surface area contributed by atoms with Crippen LogP contribution in [0.5, 0.6) is 0 Å². The molecule has 0 saturated carbocycles. The summed E-state index contributed by atoms with van der Waals surface area (Å²) >= 11 is 1.88. The summed E-state index contributed by atoms with van der Waals surface area (Å²) in [7, 11) is 0. The van der Waals surface area contributed by atoms with Crippen LogP contribution in [0, 0.1) is 0 Å². The van der Waals surface area contributed by atoms with E-state index in [2.05, 4.69) is 217 Å². The molecule has 0 atom stereocenters. The lowest BCUT2D eigenvalue weighted by atomic mass is 9.82. The Kier molecular flexibility index (Phi) is 7.18. The Labute approximate surface area is 341 Å². The Morgan fingerprint density at radius 1 is 0.448 bits per heavy atom. The Morgan fingerprint density at radius 2 is 1.10 bits per heavy atom. The van der Waals surface area contributed by atoms with Crippen LogP contribution in [0.15, 0.2) is 194 Å². The average molecular weight is 759 g/mol. The molecule has 12 rings (SSSR count). The number of nitrogens with zero attached hydrogens (tertiary/aromatic N) is 2. The molecule has 0 amide bonds. The Balaban J connectivity index is 1.08. The van der Waals surface area contributed by atoms with E-state index in [-0.39, 0.29) is 5.41 Å². The van der Waals surface area contributed by atoms with Gasteiger partial charge >= 0.3 is 0 Å². The first kappa shape index (κ1) is 33.2. The van der Waals surface area contributed by atoms with Crippen molar-refractivity contribution in [3.8, 4) is 27.9 Å². The molecule has 1 aliphatic carbocycles.